The molecule has 1 aromatic heterocycles. The first-order valence-electron chi connectivity index (χ1n) is 6.49. The van der Waals surface area contributed by atoms with E-state index in [4.69, 9.17) is 0 Å². The van der Waals surface area contributed by atoms with Crippen LogP contribution in [-0.2, 0) is 13.6 Å². The van der Waals surface area contributed by atoms with Crippen LogP contribution in [0.4, 0.5) is 0 Å². The maximum Gasteiger partial charge on any atom is 0.157 e. The van der Waals surface area contributed by atoms with Crippen LogP contribution in [-0.4, -0.2) is 26.7 Å². The SMILES string of the molecule is Cc1nn(C)cc1CN=C1NC(C(C)C)CCS1. The molecule has 1 fully saturated rings. The molecule has 2 rings (SSSR count). The summed E-state index contributed by atoms with van der Waals surface area (Å²) in [5, 5.41) is 8.96. The Morgan fingerprint density at radius 2 is 2.39 bits per heavy atom. The number of nitrogens with zero attached hydrogens (tertiary/aromatic N) is 3. The molecule has 1 aliphatic rings. The quantitative estimate of drug-likeness (QED) is 0.913. The van der Waals surface area contributed by atoms with Crippen LogP contribution >= 0.6 is 11.8 Å². The molecule has 0 saturated carbocycles. The molecule has 1 unspecified atom stereocenters. The number of rotatable bonds is 3. The number of aryl methyl sites for hydroxylation is 2. The van der Waals surface area contributed by atoms with Gasteiger partial charge in [0.25, 0.3) is 0 Å². The molecule has 4 nitrogen and oxygen atoms in total. The highest BCUT2D eigenvalue weighted by Gasteiger charge is 2.20. The Bertz CT molecular complexity index is 436. The van der Waals surface area contributed by atoms with Crippen LogP contribution in [0.5, 0.6) is 0 Å². The molecule has 0 aromatic carbocycles. The maximum atomic E-state index is 4.68. The zero-order valence-corrected chi connectivity index (χ0v) is 12.4. The number of hydrogen-bond acceptors (Lipinski definition) is 3. The average molecular weight is 266 g/mol. The Morgan fingerprint density at radius 3 is 3.00 bits per heavy atom. The molecule has 0 radical (unpaired) electrons. The molecule has 1 atom stereocenters. The van der Waals surface area contributed by atoms with E-state index in [-0.39, 0.29) is 0 Å². The van der Waals surface area contributed by atoms with Crippen LogP contribution < -0.4 is 5.32 Å². The van der Waals surface area contributed by atoms with Crippen LogP contribution in [0.1, 0.15) is 31.5 Å². The Balaban J connectivity index is 1.98. The standard InChI is InChI=1S/C13H22N4S/c1-9(2)12-5-6-18-13(15-12)14-7-11-8-17(4)16-10(11)3/h8-9,12H,5-7H2,1-4H3,(H,14,15). The van der Waals surface area contributed by atoms with Crippen molar-refractivity contribution in [3.05, 3.63) is 17.5 Å². The van der Waals surface area contributed by atoms with E-state index in [1.165, 1.54) is 17.7 Å². The van der Waals surface area contributed by atoms with Crippen molar-refractivity contribution < 1.29 is 0 Å². The fourth-order valence-corrected chi connectivity index (χ4v) is 3.06. The third-order valence-electron chi connectivity index (χ3n) is 3.29. The third kappa shape index (κ3) is 3.28. The summed E-state index contributed by atoms with van der Waals surface area (Å²) in [6, 6.07) is 0.569. The van der Waals surface area contributed by atoms with Gasteiger partial charge in [-0.15, -0.1) is 0 Å². The first-order chi connectivity index (χ1) is 8.56. The van der Waals surface area contributed by atoms with Gasteiger partial charge < -0.3 is 5.32 Å². The van der Waals surface area contributed by atoms with Crippen molar-refractivity contribution in [3.63, 3.8) is 0 Å². The lowest BCUT2D eigenvalue weighted by Crippen LogP contribution is -2.41. The van der Waals surface area contributed by atoms with Gasteiger partial charge in [-0.1, -0.05) is 25.6 Å². The van der Waals surface area contributed by atoms with Crippen LogP contribution in [0.15, 0.2) is 11.2 Å². The minimum absolute atomic E-state index is 0.569. The van der Waals surface area contributed by atoms with Gasteiger partial charge in [0.05, 0.1) is 12.2 Å². The van der Waals surface area contributed by atoms with E-state index in [0.717, 1.165) is 17.4 Å². The van der Waals surface area contributed by atoms with Crippen LogP contribution in [0.2, 0.25) is 0 Å². The van der Waals surface area contributed by atoms with Crippen LogP contribution in [0.25, 0.3) is 0 Å². The van der Waals surface area contributed by atoms with Gasteiger partial charge in [-0.3, -0.25) is 9.67 Å². The summed E-state index contributed by atoms with van der Waals surface area (Å²) in [4.78, 5) is 4.68. The summed E-state index contributed by atoms with van der Waals surface area (Å²) < 4.78 is 1.85. The maximum absolute atomic E-state index is 4.68. The summed E-state index contributed by atoms with van der Waals surface area (Å²) in [5.74, 6) is 1.83. The van der Waals surface area contributed by atoms with E-state index in [9.17, 15) is 0 Å². The fourth-order valence-electron chi connectivity index (χ4n) is 2.11. The van der Waals surface area contributed by atoms with E-state index in [2.05, 4.69) is 29.3 Å². The highest BCUT2D eigenvalue weighted by atomic mass is 32.2. The van der Waals surface area contributed by atoms with Crippen molar-refractivity contribution in [2.45, 2.75) is 39.8 Å². The van der Waals surface area contributed by atoms with Gasteiger partial charge in [-0.05, 0) is 19.3 Å². The topological polar surface area (TPSA) is 42.2 Å². The van der Waals surface area contributed by atoms with Gasteiger partial charge in [-0.25, -0.2) is 0 Å². The number of amidine groups is 1. The predicted octanol–water partition coefficient (Wildman–Crippen LogP) is 2.34. The highest BCUT2D eigenvalue weighted by molar-refractivity contribution is 8.13. The zero-order chi connectivity index (χ0) is 13.1. The van der Waals surface area contributed by atoms with E-state index in [1.807, 2.05) is 36.6 Å². The normalized spacial score (nSPS) is 22.5. The monoisotopic (exact) mass is 266 g/mol. The van der Waals surface area contributed by atoms with Gasteiger partial charge >= 0.3 is 0 Å². The van der Waals surface area contributed by atoms with Crippen molar-refractivity contribution in [2.24, 2.45) is 18.0 Å². The van der Waals surface area contributed by atoms with Crippen LogP contribution in [0.3, 0.4) is 0 Å². The minimum atomic E-state index is 0.569. The largest absolute Gasteiger partial charge is 0.362 e. The van der Waals surface area contributed by atoms with E-state index < -0.39 is 0 Å². The third-order valence-corrected chi connectivity index (χ3v) is 4.25. The highest BCUT2D eigenvalue weighted by Crippen LogP contribution is 2.19. The number of aromatic nitrogens is 2. The number of nitrogens with one attached hydrogen (secondary N) is 1. The molecule has 100 valence electrons. The van der Waals surface area contributed by atoms with E-state index in [1.54, 1.807) is 0 Å². The minimum Gasteiger partial charge on any atom is -0.362 e. The summed E-state index contributed by atoms with van der Waals surface area (Å²) in [5.41, 5.74) is 2.28. The second kappa shape index (κ2) is 5.78. The summed E-state index contributed by atoms with van der Waals surface area (Å²) in [6.45, 7) is 7.28. The van der Waals surface area contributed by atoms with Gasteiger partial charge in [-0.2, -0.15) is 5.10 Å². The Kier molecular flexibility index (Phi) is 4.32. The molecular weight excluding hydrogens is 244 g/mol. The molecule has 1 saturated heterocycles. The fraction of sp³-hybridized carbons (Fsp3) is 0.692. The molecular formula is C13H22N4S. The van der Waals surface area contributed by atoms with Crippen LogP contribution in [0, 0.1) is 12.8 Å². The van der Waals surface area contributed by atoms with Crippen molar-refractivity contribution in [1.82, 2.24) is 15.1 Å². The van der Waals surface area contributed by atoms with Gasteiger partial charge in [0.1, 0.15) is 0 Å². The molecule has 1 aliphatic heterocycles. The first-order valence-corrected chi connectivity index (χ1v) is 7.47. The van der Waals surface area contributed by atoms with Crippen molar-refractivity contribution in [2.75, 3.05) is 5.75 Å². The van der Waals surface area contributed by atoms with E-state index in [0.29, 0.717) is 12.0 Å². The van der Waals surface area contributed by atoms with Gasteiger partial charge in [0.15, 0.2) is 5.17 Å². The second-order valence-corrected chi connectivity index (χ2v) is 6.25. The second-order valence-electron chi connectivity index (χ2n) is 5.17. The van der Waals surface area contributed by atoms with Crippen molar-refractivity contribution >= 4 is 16.9 Å². The Labute approximate surface area is 113 Å². The summed E-state index contributed by atoms with van der Waals surface area (Å²) in [7, 11) is 1.95. The Morgan fingerprint density at radius 1 is 1.61 bits per heavy atom. The lowest BCUT2D eigenvalue weighted by Gasteiger charge is -2.28. The molecule has 0 spiro atoms. The van der Waals surface area contributed by atoms with Gasteiger partial charge in [0.2, 0.25) is 0 Å². The molecule has 0 aliphatic carbocycles. The molecule has 0 amide bonds. The van der Waals surface area contributed by atoms with Crippen molar-refractivity contribution in [1.29, 1.82) is 0 Å². The molecule has 5 heteroatoms. The van der Waals surface area contributed by atoms with Gasteiger partial charge in [0, 0.05) is 30.6 Å². The van der Waals surface area contributed by atoms with E-state index >= 15 is 0 Å². The average Bonchev–Trinajstić information content (AvgIpc) is 2.65. The molecule has 2 heterocycles. The summed E-state index contributed by atoms with van der Waals surface area (Å²) >= 11 is 1.83. The predicted molar refractivity (Wildman–Crippen MR) is 77.9 cm³/mol. The van der Waals surface area contributed by atoms with Crippen molar-refractivity contribution in [3.8, 4) is 0 Å². The number of hydrogen-bond donors (Lipinski definition) is 1. The molecule has 0 bridgehead atoms. The molecule has 1 N–H and O–H groups in total. The zero-order valence-electron chi connectivity index (χ0n) is 11.6. The lowest BCUT2D eigenvalue weighted by atomic mass is 10.0. The smallest absolute Gasteiger partial charge is 0.157 e. The molecule has 1 aromatic rings. The first kappa shape index (κ1) is 13.5. The number of aliphatic imine (C=N–C) groups is 1. The molecule has 18 heavy (non-hydrogen) atoms. The summed E-state index contributed by atoms with van der Waals surface area (Å²) in [6.07, 6.45) is 3.28. The Hall–Kier alpha value is -0.970. The number of thioether (sulfide) groups is 1. The lowest BCUT2D eigenvalue weighted by molar-refractivity contribution is 0.442.